The highest BCUT2D eigenvalue weighted by Crippen LogP contribution is 2.22. The second kappa shape index (κ2) is 9.04. The van der Waals surface area contributed by atoms with Crippen LogP contribution in [0.4, 0.5) is 11.4 Å². The number of para-hydroxylation sites is 1. The molecule has 0 unspecified atom stereocenters. The maximum atomic E-state index is 12.3. The molecule has 0 spiro atoms. The summed E-state index contributed by atoms with van der Waals surface area (Å²) in [6.45, 7) is 8.73. The fourth-order valence-corrected chi connectivity index (χ4v) is 2.95. The topological polar surface area (TPSA) is 67.4 Å². The van der Waals surface area contributed by atoms with Crippen molar-refractivity contribution in [3.05, 3.63) is 58.7 Å². The van der Waals surface area contributed by atoms with Crippen LogP contribution in [-0.2, 0) is 9.53 Å². The Hall–Kier alpha value is -2.82. The summed E-state index contributed by atoms with van der Waals surface area (Å²) in [5.74, 6) is -0.593. The number of amides is 1. The molecule has 0 fully saturated rings. The Balaban J connectivity index is 1.95. The molecule has 2 aromatic carbocycles. The first kappa shape index (κ1) is 19.5. The summed E-state index contributed by atoms with van der Waals surface area (Å²) in [5.41, 5.74) is 5.44. The molecule has 0 heterocycles. The van der Waals surface area contributed by atoms with Gasteiger partial charge in [-0.05, 0) is 51.0 Å². The molecule has 5 heteroatoms. The van der Waals surface area contributed by atoms with Crippen LogP contribution in [0.5, 0.6) is 0 Å². The zero-order chi connectivity index (χ0) is 19.1. The third-order valence-corrected chi connectivity index (χ3v) is 4.03. The molecule has 0 radical (unpaired) electrons. The average Bonchev–Trinajstić information content (AvgIpc) is 2.58. The number of hydrogen-bond acceptors (Lipinski definition) is 4. The lowest BCUT2D eigenvalue weighted by Crippen LogP contribution is -2.19. The third kappa shape index (κ3) is 5.09. The molecule has 0 atom stereocenters. The maximum Gasteiger partial charge on any atom is 0.340 e. The monoisotopic (exact) mass is 354 g/mol. The molecule has 0 aromatic heterocycles. The second-order valence-corrected chi connectivity index (χ2v) is 6.26. The fraction of sp³-hybridized carbons (Fsp3) is 0.333. The second-order valence-electron chi connectivity index (χ2n) is 6.26. The minimum Gasteiger partial charge on any atom is -0.462 e. The quantitative estimate of drug-likeness (QED) is 0.730. The molecule has 0 aliphatic heterocycles. The molecule has 2 aromatic rings. The Kier molecular flexibility index (Phi) is 6.78. The number of carbonyl (C=O) groups is 2. The van der Waals surface area contributed by atoms with E-state index in [1.807, 2.05) is 0 Å². The van der Waals surface area contributed by atoms with Crippen molar-refractivity contribution in [1.82, 2.24) is 0 Å². The highest BCUT2D eigenvalue weighted by Gasteiger charge is 2.14. The van der Waals surface area contributed by atoms with Gasteiger partial charge in [0.05, 0.1) is 17.9 Å². The van der Waals surface area contributed by atoms with Crippen LogP contribution in [0.3, 0.4) is 0 Å². The summed E-state index contributed by atoms with van der Waals surface area (Å²) in [5, 5.41) is 6.13. The van der Waals surface area contributed by atoms with Crippen LogP contribution in [-0.4, -0.2) is 25.0 Å². The first-order valence-corrected chi connectivity index (χ1v) is 8.80. The van der Waals surface area contributed by atoms with E-state index < -0.39 is 5.97 Å². The molecule has 2 rings (SSSR count). The normalized spacial score (nSPS) is 10.3. The number of carbonyl (C=O) groups excluding carboxylic acids is 2. The SMILES string of the molecule is CCOC(=O)c1ccccc1NC(=O)CCNc1c(C)cc(C)cc1C. The van der Waals surface area contributed by atoms with Crippen LogP contribution in [0, 0.1) is 20.8 Å². The van der Waals surface area contributed by atoms with E-state index in [0.717, 1.165) is 16.8 Å². The van der Waals surface area contributed by atoms with Crippen LogP contribution in [0.2, 0.25) is 0 Å². The Labute approximate surface area is 154 Å². The van der Waals surface area contributed by atoms with Gasteiger partial charge in [0.2, 0.25) is 5.91 Å². The molecule has 0 aliphatic carbocycles. The van der Waals surface area contributed by atoms with Crippen molar-refractivity contribution in [1.29, 1.82) is 0 Å². The van der Waals surface area contributed by atoms with E-state index in [0.29, 0.717) is 30.8 Å². The first-order valence-electron chi connectivity index (χ1n) is 8.80. The van der Waals surface area contributed by atoms with Gasteiger partial charge >= 0.3 is 5.97 Å². The molecule has 0 aliphatic rings. The zero-order valence-corrected chi connectivity index (χ0v) is 15.8. The van der Waals surface area contributed by atoms with E-state index in [-0.39, 0.29) is 5.91 Å². The number of esters is 1. The van der Waals surface area contributed by atoms with Crippen molar-refractivity contribution in [2.75, 3.05) is 23.8 Å². The summed E-state index contributed by atoms with van der Waals surface area (Å²) in [7, 11) is 0. The van der Waals surface area contributed by atoms with Gasteiger partial charge in [-0.2, -0.15) is 0 Å². The van der Waals surface area contributed by atoms with Crippen LogP contribution < -0.4 is 10.6 Å². The van der Waals surface area contributed by atoms with E-state index in [1.54, 1.807) is 31.2 Å². The Morgan fingerprint density at radius 3 is 2.35 bits per heavy atom. The lowest BCUT2D eigenvalue weighted by atomic mass is 10.1. The van der Waals surface area contributed by atoms with Crippen molar-refractivity contribution in [2.45, 2.75) is 34.1 Å². The molecule has 5 nitrogen and oxygen atoms in total. The predicted molar refractivity (Wildman–Crippen MR) is 105 cm³/mol. The van der Waals surface area contributed by atoms with E-state index >= 15 is 0 Å². The van der Waals surface area contributed by atoms with Gasteiger partial charge in [-0.1, -0.05) is 29.8 Å². The van der Waals surface area contributed by atoms with Crippen molar-refractivity contribution >= 4 is 23.3 Å². The van der Waals surface area contributed by atoms with Gasteiger partial charge in [0, 0.05) is 18.7 Å². The van der Waals surface area contributed by atoms with E-state index in [2.05, 4.69) is 43.5 Å². The predicted octanol–water partition coefficient (Wildman–Crippen LogP) is 4.23. The molecule has 0 saturated carbocycles. The minimum absolute atomic E-state index is 0.156. The molecule has 26 heavy (non-hydrogen) atoms. The largest absolute Gasteiger partial charge is 0.462 e. The van der Waals surface area contributed by atoms with Crippen LogP contribution in [0.15, 0.2) is 36.4 Å². The van der Waals surface area contributed by atoms with Gasteiger partial charge in [0.25, 0.3) is 0 Å². The number of hydrogen-bond donors (Lipinski definition) is 2. The molecule has 1 amide bonds. The highest BCUT2D eigenvalue weighted by molar-refractivity contribution is 6.01. The van der Waals surface area contributed by atoms with Crippen molar-refractivity contribution in [2.24, 2.45) is 0 Å². The third-order valence-electron chi connectivity index (χ3n) is 4.03. The number of anilines is 2. The van der Waals surface area contributed by atoms with Gasteiger partial charge in [-0.25, -0.2) is 4.79 Å². The maximum absolute atomic E-state index is 12.3. The standard InChI is InChI=1S/C21H26N2O3/c1-5-26-21(25)17-8-6-7-9-18(17)23-19(24)10-11-22-20-15(3)12-14(2)13-16(20)4/h6-9,12-13,22H,5,10-11H2,1-4H3,(H,23,24). The van der Waals surface area contributed by atoms with Crippen molar-refractivity contribution < 1.29 is 14.3 Å². The Morgan fingerprint density at radius 1 is 1.04 bits per heavy atom. The van der Waals surface area contributed by atoms with Crippen LogP contribution in [0.1, 0.15) is 40.4 Å². The van der Waals surface area contributed by atoms with Gasteiger partial charge in [0.1, 0.15) is 0 Å². The summed E-state index contributed by atoms with van der Waals surface area (Å²) >= 11 is 0. The molecular weight excluding hydrogens is 328 g/mol. The van der Waals surface area contributed by atoms with Crippen LogP contribution in [0.25, 0.3) is 0 Å². The molecule has 138 valence electrons. The van der Waals surface area contributed by atoms with E-state index in [9.17, 15) is 9.59 Å². The molecule has 2 N–H and O–H groups in total. The van der Waals surface area contributed by atoms with E-state index in [4.69, 9.17) is 4.74 Å². The first-order chi connectivity index (χ1) is 12.4. The van der Waals surface area contributed by atoms with Crippen molar-refractivity contribution in [3.63, 3.8) is 0 Å². The van der Waals surface area contributed by atoms with E-state index in [1.165, 1.54) is 5.56 Å². The summed E-state index contributed by atoms with van der Waals surface area (Å²) in [4.78, 5) is 24.2. The van der Waals surface area contributed by atoms with Crippen molar-refractivity contribution in [3.8, 4) is 0 Å². The average molecular weight is 354 g/mol. The number of ether oxygens (including phenoxy) is 1. The van der Waals surface area contributed by atoms with Gasteiger partial charge in [-0.15, -0.1) is 0 Å². The molecular formula is C21H26N2O3. The number of nitrogens with one attached hydrogen (secondary N) is 2. The number of rotatable bonds is 7. The summed E-state index contributed by atoms with van der Waals surface area (Å²) < 4.78 is 5.02. The van der Waals surface area contributed by atoms with Crippen LogP contribution >= 0.6 is 0 Å². The van der Waals surface area contributed by atoms with Gasteiger partial charge in [0.15, 0.2) is 0 Å². The lowest BCUT2D eigenvalue weighted by Gasteiger charge is -2.14. The zero-order valence-electron chi connectivity index (χ0n) is 15.8. The lowest BCUT2D eigenvalue weighted by molar-refractivity contribution is -0.115. The summed E-state index contributed by atoms with van der Waals surface area (Å²) in [6.07, 6.45) is 0.296. The van der Waals surface area contributed by atoms with Gasteiger partial charge in [-0.3, -0.25) is 4.79 Å². The smallest absolute Gasteiger partial charge is 0.340 e. The Morgan fingerprint density at radius 2 is 1.69 bits per heavy atom. The summed E-state index contributed by atoms with van der Waals surface area (Å²) in [6, 6.07) is 11.1. The fourth-order valence-electron chi connectivity index (χ4n) is 2.95. The minimum atomic E-state index is -0.438. The highest BCUT2D eigenvalue weighted by atomic mass is 16.5. The molecule has 0 bridgehead atoms. The number of benzene rings is 2. The number of aryl methyl sites for hydroxylation is 3. The Bertz CT molecular complexity index is 777. The van der Waals surface area contributed by atoms with Gasteiger partial charge < -0.3 is 15.4 Å². The molecule has 0 saturated heterocycles.